The molecule has 0 unspecified atom stereocenters. The zero-order chi connectivity index (χ0) is 14.4. The van der Waals surface area contributed by atoms with Gasteiger partial charge in [0.05, 0.1) is 6.54 Å². The molecular weight excluding hydrogens is 254 g/mol. The van der Waals surface area contributed by atoms with Gasteiger partial charge in [0.25, 0.3) is 0 Å². The summed E-state index contributed by atoms with van der Waals surface area (Å²) in [4.78, 5) is 19.9. The van der Waals surface area contributed by atoms with Gasteiger partial charge < -0.3 is 16.0 Å². The summed E-state index contributed by atoms with van der Waals surface area (Å²) >= 11 is 0. The van der Waals surface area contributed by atoms with Crippen LogP contribution in [0.25, 0.3) is 0 Å². The molecule has 0 radical (unpaired) electrons. The first-order valence-corrected chi connectivity index (χ1v) is 7.69. The first-order chi connectivity index (χ1) is 9.65. The monoisotopic (exact) mass is 281 g/mol. The summed E-state index contributed by atoms with van der Waals surface area (Å²) in [6, 6.07) is 0.526. The highest BCUT2D eigenvalue weighted by Gasteiger charge is 2.18. The number of guanidine groups is 1. The number of amides is 1. The van der Waals surface area contributed by atoms with Gasteiger partial charge in [-0.15, -0.1) is 0 Å². The summed E-state index contributed by atoms with van der Waals surface area (Å²) in [5, 5.41) is 3.29. The summed E-state index contributed by atoms with van der Waals surface area (Å²) in [7, 11) is 0. The van der Waals surface area contributed by atoms with Gasteiger partial charge in [-0.25, -0.2) is 0 Å². The maximum absolute atomic E-state index is 11.2. The van der Waals surface area contributed by atoms with Gasteiger partial charge in [0.2, 0.25) is 5.91 Å². The van der Waals surface area contributed by atoms with E-state index >= 15 is 0 Å². The zero-order valence-electron chi connectivity index (χ0n) is 12.5. The molecule has 0 aromatic heterocycles. The average Bonchev–Trinajstić information content (AvgIpc) is 2.92. The van der Waals surface area contributed by atoms with Gasteiger partial charge >= 0.3 is 0 Å². The summed E-state index contributed by atoms with van der Waals surface area (Å²) in [5.74, 6) is 0.756. The van der Waals surface area contributed by atoms with Crippen LogP contribution in [-0.4, -0.2) is 67.0 Å². The van der Waals surface area contributed by atoms with Gasteiger partial charge in [-0.05, 0) is 12.8 Å². The fraction of sp³-hybridized carbons (Fsp3) is 0.857. The van der Waals surface area contributed by atoms with E-state index < -0.39 is 0 Å². The first kappa shape index (κ1) is 15.1. The van der Waals surface area contributed by atoms with E-state index in [4.69, 9.17) is 5.73 Å². The molecule has 6 nitrogen and oxygen atoms in total. The topological polar surface area (TPSA) is 74.0 Å². The van der Waals surface area contributed by atoms with Gasteiger partial charge in [0.15, 0.2) is 5.96 Å². The Labute approximate surface area is 121 Å². The van der Waals surface area contributed by atoms with Crippen molar-refractivity contribution >= 4 is 11.9 Å². The Balaban J connectivity index is 1.61. The molecule has 0 spiro atoms. The summed E-state index contributed by atoms with van der Waals surface area (Å²) in [6.45, 7) is 6.81. The Morgan fingerprint density at radius 1 is 1.25 bits per heavy atom. The highest BCUT2D eigenvalue weighted by atomic mass is 16.2. The number of aliphatic imine (C=N–C) groups is 1. The molecule has 3 N–H and O–H groups in total. The van der Waals surface area contributed by atoms with E-state index in [0.29, 0.717) is 12.0 Å². The SMILES string of the molecule is CC(=O)N1CCN(CCN=C(N)NC2CCCC2)CC1. The molecule has 2 rings (SSSR count). The minimum atomic E-state index is 0.174. The standard InChI is InChI=1S/C14H27N5O/c1-12(20)19-10-8-18(9-11-19)7-6-16-14(15)17-13-4-2-3-5-13/h13H,2-11H2,1H3,(H3,15,16,17). The maximum atomic E-state index is 11.2. The zero-order valence-corrected chi connectivity index (χ0v) is 12.5. The molecule has 6 heteroatoms. The van der Waals surface area contributed by atoms with Crippen molar-refractivity contribution in [1.29, 1.82) is 0 Å². The molecule has 1 aliphatic carbocycles. The van der Waals surface area contributed by atoms with Gasteiger partial charge in [0.1, 0.15) is 0 Å². The molecule has 0 aromatic carbocycles. The van der Waals surface area contributed by atoms with E-state index in [1.54, 1.807) is 6.92 Å². The molecule has 2 fully saturated rings. The molecule has 1 saturated heterocycles. The normalized spacial score (nSPS) is 22.2. The molecule has 20 heavy (non-hydrogen) atoms. The fourth-order valence-electron chi connectivity index (χ4n) is 2.92. The minimum absolute atomic E-state index is 0.174. The van der Waals surface area contributed by atoms with Crippen LogP contribution in [0.5, 0.6) is 0 Å². The van der Waals surface area contributed by atoms with Gasteiger partial charge in [-0.1, -0.05) is 12.8 Å². The highest BCUT2D eigenvalue weighted by molar-refractivity contribution is 5.78. The van der Waals surface area contributed by atoms with Crippen molar-refractivity contribution in [2.75, 3.05) is 39.3 Å². The van der Waals surface area contributed by atoms with Crippen LogP contribution in [0.15, 0.2) is 4.99 Å². The largest absolute Gasteiger partial charge is 0.370 e. The van der Waals surface area contributed by atoms with Crippen molar-refractivity contribution in [3.8, 4) is 0 Å². The van der Waals surface area contributed by atoms with E-state index in [-0.39, 0.29) is 5.91 Å². The first-order valence-electron chi connectivity index (χ1n) is 7.69. The lowest BCUT2D eigenvalue weighted by atomic mass is 10.2. The lowest BCUT2D eigenvalue weighted by molar-refractivity contribution is -0.130. The molecule has 2 aliphatic rings. The number of piperazine rings is 1. The Morgan fingerprint density at radius 2 is 1.90 bits per heavy atom. The number of nitrogens with zero attached hydrogens (tertiary/aromatic N) is 3. The predicted molar refractivity (Wildman–Crippen MR) is 80.6 cm³/mol. The number of carbonyl (C=O) groups is 1. The van der Waals surface area contributed by atoms with Gasteiger partial charge in [0, 0.05) is 45.7 Å². The Bertz CT molecular complexity index is 343. The maximum Gasteiger partial charge on any atom is 0.219 e. The quantitative estimate of drug-likeness (QED) is 0.562. The molecule has 0 bridgehead atoms. The van der Waals surface area contributed by atoms with Crippen molar-refractivity contribution < 1.29 is 4.79 Å². The molecular formula is C14H27N5O. The third-order valence-corrected chi connectivity index (χ3v) is 4.22. The van der Waals surface area contributed by atoms with E-state index in [1.807, 2.05) is 4.90 Å². The fourth-order valence-corrected chi connectivity index (χ4v) is 2.92. The van der Waals surface area contributed by atoms with Crippen LogP contribution in [0.1, 0.15) is 32.6 Å². The molecule has 114 valence electrons. The third-order valence-electron chi connectivity index (χ3n) is 4.22. The number of hydrogen-bond donors (Lipinski definition) is 2. The van der Waals surface area contributed by atoms with Crippen LogP contribution in [-0.2, 0) is 4.79 Å². The van der Waals surface area contributed by atoms with E-state index in [0.717, 1.165) is 39.3 Å². The van der Waals surface area contributed by atoms with Crippen LogP contribution < -0.4 is 11.1 Å². The van der Waals surface area contributed by atoms with E-state index in [9.17, 15) is 4.79 Å². The molecule has 0 aromatic rings. The smallest absolute Gasteiger partial charge is 0.219 e. The minimum Gasteiger partial charge on any atom is -0.370 e. The van der Waals surface area contributed by atoms with Crippen molar-refractivity contribution in [3.05, 3.63) is 0 Å². The van der Waals surface area contributed by atoms with Crippen molar-refractivity contribution in [2.45, 2.75) is 38.6 Å². The molecule has 1 heterocycles. The van der Waals surface area contributed by atoms with E-state index in [1.165, 1.54) is 25.7 Å². The number of rotatable bonds is 4. The van der Waals surface area contributed by atoms with Gasteiger partial charge in [-0.2, -0.15) is 0 Å². The van der Waals surface area contributed by atoms with Crippen molar-refractivity contribution in [3.63, 3.8) is 0 Å². The van der Waals surface area contributed by atoms with Gasteiger partial charge in [-0.3, -0.25) is 14.7 Å². The second kappa shape index (κ2) is 7.47. The predicted octanol–water partition coefficient (Wildman–Crippen LogP) is -0.00260. The second-order valence-corrected chi connectivity index (χ2v) is 5.74. The lowest BCUT2D eigenvalue weighted by Crippen LogP contribution is -2.48. The number of hydrogen-bond acceptors (Lipinski definition) is 3. The second-order valence-electron chi connectivity index (χ2n) is 5.74. The van der Waals surface area contributed by atoms with E-state index in [2.05, 4.69) is 15.2 Å². The highest BCUT2D eigenvalue weighted by Crippen LogP contribution is 2.17. The summed E-state index contributed by atoms with van der Waals surface area (Å²) < 4.78 is 0. The Kier molecular flexibility index (Phi) is 5.64. The molecule has 1 amide bonds. The molecule has 1 aliphatic heterocycles. The Morgan fingerprint density at radius 3 is 2.50 bits per heavy atom. The summed E-state index contributed by atoms with van der Waals surface area (Å²) in [6.07, 6.45) is 5.02. The lowest BCUT2D eigenvalue weighted by Gasteiger charge is -2.33. The van der Waals surface area contributed by atoms with Crippen LogP contribution in [0, 0.1) is 0 Å². The average molecular weight is 281 g/mol. The van der Waals surface area contributed by atoms with Crippen molar-refractivity contribution in [2.24, 2.45) is 10.7 Å². The molecule has 1 saturated carbocycles. The third kappa shape index (κ3) is 4.67. The number of carbonyl (C=O) groups excluding carboxylic acids is 1. The van der Waals surface area contributed by atoms with Crippen LogP contribution in [0.3, 0.4) is 0 Å². The van der Waals surface area contributed by atoms with Crippen LogP contribution in [0.2, 0.25) is 0 Å². The van der Waals surface area contributed by atoms with Crippen LogP contribution >= 0.6 is 0 Å². The molecule has 0 atom stereocenters. The number of nitrogens with two attached hydrogens (primary N) is 1. The summed E-state index contributed by atoms with van der Waals surface area (Å²) in [5.41, 5.74) is 5.90. The van der Waals surface area contributed by atoms with Crippen LogP contribution in [0.4, 0.5) is 0 Å². The Hall–Kier alpha value is -1.30. The number of nitrogens with one attached hydrogen (secondary N) is 1. The van der Waals surface area contributed by atoms with Crippen molar-refractivity contribution in [1.82, 2.24) is 15.1 Å².